The Morgan fingerprint density at radius 3 is 2.46 bits per heavy atom. The van der Waals surface area contributed by atoms with E-state index in [1.165, 1.54) is 25.1 Å². The summed E-state index contributed by atoms with van der Waals surface area (Å²) in [6, 6.07) is 8.53. The third-order valence-electron chi connectivity index (χ3n) is 4.80. The minimum absolute atomic E-state index is 0.0386. The van der Waals surface area contributed by atoms with Crippen molar-refractivity contribution in [1.29, 1.82) is 0 Å². The first-order chi connectivity index (χ1) is 16.3. The van der Waals surface area contributed by atoms with Crippen molar-refractivity contribution in [2.24, 2.45) is 0 Å². The molecule has 1 aliphatic rings. The molecule has 2 aromatic rings. The van der Waals surface area contributed by atoms with Gasteiger partial charge in [0.05, 0.1) is 29.4 Å². The molecule has 0 saturated heterocycles. The number of nitrogens with one attached hydrogen (secondary N) is 2. The summed E-state index contributed by atoms with van der Waals surface area (Å²) in [6.45, 7) is 0.831. The van der Waals surface area contributed by atoms with E-state index in [9.17, 15) is 30.8 Å². The van der Waals surface area contributed by atoms with Gasteiger partial charge in [0.25, 0.3) is 10.0 Å². The summed E-state index contributed by atoms with van der Waals surface area (Å²) in [7, 11) is -7.49. The number of hydrogen-bond donors (Lipinski definition) is 2. The summed E-state index contributed by atoms with van der Waals surface area (Å²) < 4.78 is 74.3. The number of ether oxygens (including phenoxy) is 2. The molecule has 0 radical (unpaired) electrons. The summed E-state index contributed by atoms with van der Waals surface area (Å²) in [6.07, 6.45) is -0.643. The van der Waals surface area contributed by atoms with Gasteiger partial charge in [-0.3, -0.25) is 14.4 Å². The fourth-order valence-electron chi connectivity index (χ4n) is 3.15. The monoisotopic (exact) mass is 529 g/mol. The van der Waals surface area contributed by atoms with Gasteiger partial charge in [-0.05, 0) is 42.5 Å². The Morgan fingerprint density at radius 2 is 1.83 bits per heavy atom. The Morgan fingerprint density at radius 1 is 1.14 bits per heavy atom. The standard InChI is InChI=1S/C21H24FN3O8S2/c1-14(26)23-12-17-13-25(35(30,31)18-6-3-15(22)4-7-18)19-11-16(5-8-20(19)33-17)24-21(27)32-9-10-34(2,28)29/h3-8,11,17H,9-10,12-13H2,1-2H3,(H,23,26)(H,24,27). The van der Waals surface area contributed by atoms with E-state index in [1.807, 2.05) is 0 Å². The second-order valence-electron chi connectivity index (χ2n) is 7.74. The van der Waals surface area contributed by atoms with Crippen molar-refractivity contribution in [3.8, 4) is 5.75 Å². The fraction of sp³-hybridized carbons (Fsp3) is 0.333. The lowest BCUT2D eigenvalue weighted by Crippen LogP contribution is -2.48. The van der Waals surface area contributed by atoms with E-state index in [0.29, 0.717) is 0 Å². The van der Waals surface area contributed by atoms with Gasteiger partial charge in [0.1, 0.15) is 24.3 Å². The number of anilines is 2. The number of benzene rings is 2. The number of sulfone groups is 1. The predicted octanol–water partition coefficient (Wildman–Crippen LogP) is 1.51. The molecule has 190 valence electrons. The molecule has 11 nitrogen and oxygen atoms in total. The third-order valence-corrected chi connectivity index (χ3v) is 7.51. The van der Waals surface area contributed by atoms with E-state index in [2.05, 4.69) is 10.6 Å². The van der Waals surface area contributed by atoms with Crippen molar-refractivity contribution in [3.63, 3.8) is 0 Å². The van der Waals surface area contributed by atoms with Crippen molar-refractivity contribution in [1.82, 2.24) is 5.32 Å². The first-order valence-corrected chi connectivity index (χ1v) is 13.8. The van der Waals surface area contributed by atoms with Gasteiger partial charge in [-0.15, -0.1) is 0 Å². The summed E-state index contributed by atoms with van der Waals surface area (Å²) in [4.78, 5) is 23.2. The van der Waals surface area contributed by atoms with Crippen LogP contribution in [0.1, 0.15) is 6.92 Å². The highest BCUT2D eigenvalue weighted by Gasteiger charge is 2.35. The third kappa shape index (κ3) is 7.05. The molecule has 0 fully saturated rings. The number of hydrogen-bond acceptors (Lipinski definition) is 8. The van der Waals surface area contributed by atoms with Crippen molar-refractivity contribution >= 4 is 43.2 Å². The van der Waals surface area contributed by atoms with Gasteiger partial charge < -0.3 is 14.8 Å². The largest absolute Gasteiger partial charge is 0.484 e. The lowest BCUT2D eigenvalue weighted by atomic mass is 10.2. The van der Waals surface area contributed by atoms with Crippen LogP contribution in [0.25, 0.3) is 0 Å². The molecule has 14 heteroatoms. The van der Waals surface area contributed by atoms with E-state index < -0.39 is 37.9 Å². The number of fused-ring (bicyclic) bond motifs is 1. The van der Waals surface area contributed by atoms with Gasteiger partial charge in [0.2, 0.25) is 5.91 Å². The number of halogens is 1. The van der Waals surface area contributed by atoms with Gasteiger partial charge in [0.15, 0.2) is 9.84 Å². The number of rotatable bonds is 8. The van der Waals surface area contributed by atoms with Crippen LogP contribution < -0.4 is 19.7 Å². The van der Waals surface area contributed by atoms with Crippen LogP contribution in [0.3, 0.4) is 0 Å². The SMILES string of the molecule is CC(=O)NCC1CN(S(=O)(=O)c2ccc(F)cc2)c2cc(NC(=O)OCCS(C)(=O)=O)ccc2O1. The minimum Gasteiger partial charge on any atom is -0.484 e. The highest BCUT2D eigenvalue weighted by Crippen LogP contribution is 2.39. The molecule has 2 N–H and O–H groups in total. The van der Waals surface area contributed by atoms with Crippen LogP contribution >= 0.6 is 0 Å². The van der Waals surface area contributed by atoms with Gasteiger partial charge in [-0.2, -0.15) is 0 Å². The Kier molecular flexibility index (Phi) is 7.85. The molecule has 35 heavy (non-hydrogen) atoms. The molecule has 2 aromatic carbocycles. The molecular weight excluding hydrogens is 505 g/mol. The van der Waals surface area contributed by atoms with Crippen LogP contribution in [-0.4, -0.2) is 66.6 Å². The fourth-order valence-corrected chi connectivity index (χ4v) is 5.04. The van der Waals surface area contributed by atoms with E-state index in [0.717, 1.165) is 34.8 Å². The molecular formula is C21H24FN3O8S2. The molecule has 1 heterocycles. The summed E-state index contributed by atoms with van der Waals surface area (Å²) >= 11 is 0. The van der Waals surface area contributed by atoms with Crippen LogP contribution in [-0.2, 0) is 29.4 Å². The van der Waals surface area contributed by atoms with E-state index in [1.54, 1.807) is 0 Å². The molecule has 0 saturated carbocycles. The molecule has 3 rings (SSSR count). The van der Waals surface area contributed by atoms with Gasteiger partial charge in [-0.25, -0.2) is 26.0 Å². The number of carbonyl (C=O) groups excluding carboxylic acids is 2. The van der Waals surface area contributed by atoms with Crippen LogP contribution in [0.15, 0.2) is 47.4 Å². The zero-order chi connectivity index (χ0) is 25.8. The zero-order valence-electron chi connectivity index (χ0n) is 18.9. The Balaban J connectivity index is 1.89. The quantitative estimate of drug-likeness (QED) is 0.523. The topological polar surface area (TPSA) is 148 Å². The summed E-state index contributed by atoms with van der Waals surface area (Å²) in [5, 5.41) is 4.99. The van der Waals surface area contributed by atoms with Gasteiger partial charge in [0, 0.05) is 18.9 Å². The molecule has 1 unspecified atom stereocenters. The average Bonchev–Trinajstić information content (AvgIpc) is 2.76. The highest BCUT2D eigenvalue weighted by molar-refractivity contribution is 7.92. The minimum atomic E-state index is -4.18. The molecule has 2 amide bonds. The smallest absolute Gasteiger partial charge is 0.411 e. The van der Waals surface area contributed by atoms with E-state index >= 15 is 0 Å². The van der Waals surface area contributed by atoms with Gasteiger partial charge >= 0.3 is 6.09 Å². The molecule has 1 aliphatic heterocycles. The maximum Gasteiger partial charge on any atom is 0.411 e. The maximum atomic E-state index is 13.4. The molecule has 0 spiro atoms. The van der Waals surface area contributed by atoms with Crippen LogP contribution in [0.5, 0.6) is 5.75 Å². The summed E-state index contributed by atoms with van der Waals surface area (Å²) in [5.41, 5.74) is 0.263. The second-order valence-corrected chi connectivity index (χ2v) is 11.9. The lowest BCUT2D eigenvalue weighted by Gasteiger charge is -2.35. The number of sulfonamides is 1. The Bertz CT molecular complexity index is 1310. The summed E-state index contributed by atoms with van der Waals surface area (Å²) in [5.74, 6) is -1.09. The maximum absolute atomic E-state index is 13.4. The van der Waals surface area contributed by atoms with Crippen molar-refractivity contribution in [3.05, 3.63) is 48.3 Å². The number of carbonyl (C=O) groups is 2. The average molecular weight is 530 g/mol. The Labute approximate surface area is 202 Å². The van der Waals surface area contributed by atoms with Crippen molar-refractivity contribution in [2.75, 3.05) is 41.3 Å². The van der Waals surface area contributed by atoms with Crippen LogP contribution in [0.2, 0.25) is 0 Å². The first kappa shape index (κ1) is 26.2. The second kappa shape index (κ2) is 10.5. The Hall–Kier alpha value is -3.39. The zero-order valence-corrected chi connectivity index (χ0v) is 20.5. The molecule has 0 aliphatic carbocycles. The first-order valence-electron chi connectivity index (χ1n) is 10.3. The highest BCUT2D eigenvalue weighted by atomic mass is 32.2. The van der Waals surface area contributed by atoms with E-state index in [4.69, 9.17) is 9.47 Å². The lowest BCUT2D eigenvalue weighted by molar-refractivity contribution is -0.119. The predicted molar refractivity (Wildman–Crippen MR) is 125 cm³/mol. The number of amides is 2. The van der Waals surface area contributed by atoms with Crippen molar-refractivity contribution < 1.29 is 40.3 Å². The van der Waals surface area contributed by atoms with Crippen LogP contribution in [0, 0.1) is 5.82 Å². The van der Waals surface area contributed by atoms with Gasteiger partial charge in [-0.1, -0.05) is 0 Å². The van der Waals surface area contributed by atoms with Crippen molar-refractivity contribution in [2.45, 2.75) is 17.9 Å². The number of nitrogens with zero attached hydrogens (tertiary/aromatic N) is 1. The molecule has 1 atom stereocenters. The normalized spacial score (nSPS) is 15.5. The molecule has 0 bridgehead atoms. The van der Waals surface area contributed by atoms with Crippen LogP contribution in [0.4, 0.5) is 20.6 Å². The van der Waals surface area contributed by atoms with E-state index in [-0.39, 0.29) is 53.4 Å². The molecule has 0 aromatic heterocycles.